The van der Waals surface area contributed by atoms with Crippen molar-refractivity contribution in [1.82, 2.24) is 9.78 Å². The summed E-state index contributed by atoms with van der Waals surface area (Å²) in [4.78, 5) is 0. The predicted octanol–water partition coefficient (Wildman–Crippen LogP) is 2.11. The molecule has 16 heavy (non-hydrogen) atoms. The first-order valence-corrected chi connectivity index (χ1v) is 5.57. The van der Waals surface area contributed by atoms with E-state index in [2.05, 4.69) is 36.3 Å². The van der Waals surface area contributed by atoms with Crippen LogP contribution in [-0.2, 0) is 20.0 Å². The van der Waals surface area contributed by atoms with Gasteiger partial charge in [0.2, 0.25) is 0 Å². The summed E-state index contributed by atoms with van der Waals surface area (Å²) in [5.74, 6) is 0. The monoisotopic (exact) mass is 215 g/mol. The quantitative estimate of drug-likeness (QED) is 0.852. The van der Waals surface area contributed by atoms with Crippen LogP contribution in [0.25, 0.3) is 11.3 Å². The van der Waals surface area contributed by atoms with E-state index in [9.17, 15) is 0 Å². The molecule has 0 fully saturated rings. The van der Waals surface area contributed by atoms with Crippen LogP contribution in [0.3, 0.4) is 0 Å². The van der Waals surface area contributed by atoms with E-state index in [0.29, 0.717) is 6.54 Å². The number of aryl methyl sites for hydroxylation is 2. The third-order valence-corrected chi connectivity index (χ3v) is 2.84. The maximum atomic E-state index is 5.63. The highest BCUT2D eigenvalue weighted by atomic mass is 15.3. The number of benzene rings is 1. The van der Waals surface area contributed by atoms with Gasteiger partial charge in [0.25, 0.3) is 0 Å². The van der Waals surface area contributed by atoms with E-state index in [4.69, 9.17) is 5.73 Å². The molecular formula is C13H17N3. The first-order valence-electron chi connectivity index (χ1n) is 5.57. The molecule has 0 bridgehead atoms. The van der Waals surface area contributed by atoms with Gasteiger partial charge in [0.1, 0.15) is 0 Å². The Balaban J connectivity index is 2.34. The molecule has 0 aliphatic heterocycles. The van der Waals surface area contributed by atoms with E-state index in [1.807, 2.05) is 17.8 Å². The van der Waals surface area contributed by atoms with Crippen molar-refractivity contribution < 1.29 is 0 Å². The number of hydrogen-bond acceptors (Lipinski definition) is 2. The standard InChI is InChI=1S/C13H17N3/c1-3-10-4-6-11(7-5-10)13-8-12(9-14)16(2)15-13/h4-8H,3,9,14H2,1-2H3. The van der Waals surface area contributed by atoms with E-state index in [0.717, 1.165) is 23.4 Å². The van der Waals surface area contributed by atoms with Gasteiger partial charge in [-0.05, 0) is 18.1 Å². The largest absolute Gasteiger partial charge is 0.325 e. The lowest BCUT2D eigenvalue weighted by Gasteiger charge is -1.98. The van der Waals surface area contributed by atoms with Gasteiger partial charge < -0.3 is 5.73 Å². The zero-order valence-electron chi connectivity index (χ0n) is 9.77. The second kappa shape index (κ2) is 4.49. The van der Waals surface area contributed by atoms with Crippen LogP contribution >= 0.6 is 0 Å². The van der Waals surface area contributed by atoms with E-state index in [1.54, 1.807) is 0 Å². The summed E-state index contributed by atoms with van der Waals surface area (Å²) in [7, 11) is 1.92. The Bertz CT molecular complexity index is 468. The molecule has 0 aliphatic carbocycles. The molecule has 0 aliphatic rings. The fourth-order valence-electron chi connectivity index (χ4n) is 1.75. The summed E-state index contributed by atoms with van der Waals surface area (Å²) in [6, 6.07) is 10.6. The molecule has 0 unspecified atom stereocenters. The molecular weight excluding hydrogens is 198 g/mol. The molecule has 84 valence electrons. The Morgan fingerprint density at radius 3 is 2.44 bits per heavy atom. The summed E-state index contributed by atoms with van der Waals surface area (Å²) >= 11 is 0. The van der Waals surface area contributed by atoms with E-state index >= 15 is 0 Å². The molecule has 2 rings (SSSR count). The average Bonchev–Trinajstić information content (AvgIpc) is 2.71. The average molecular weight is 215 g/mol. The number of aromatic nitrogens is 2. The highest BCUT2D eigenvalue weighted by Crippen LogP contribution is 2.19. The zero-order valence-corrected chi connectivity index (χ0v) is 9.77. The maximum absolute atomic E-state index is 5.63. The van der Waals surface area contributed by atoms with Crippen molar-refractivity contribution in [3.63, 3.8) is 0 Å². The van der Waals surface area contributed by atoms with E-state index in [-0.39, 0.29) is 0 Å². The van der Waals surface area contributed by atoms with Crippen molar-refractivity contribution in [3.8, 4) is 11.3 Å². The molecule has 1 aromatic carbocycles. The Labute approximate surface area is 95.9 Å². The molecule has 0 radical (unpaired) electrons. The van der Waals surface area contributed by atoms with E-state index < -0.39 is 0 Å². The van der Waals surface area contributed by atoms with Crippen LogP contribution in [0.5, 0.6) is 0 Å². The maximum Gasteiger partial charge on any atom is 0.0926 e. The summed E-state index contributed by atoms with van der Waals surface area (Å²) in [5, 5.41) is 4.44. The molecule has 1 aromatic heterocycles. The third-order valence-electron chi connectivity index (χ3n) is 2.84. The third kappa shape index (κ3) is 1.99. The number of hydrogen-bond donors (Lipinski definition) is 1. The van der Waals surface area contributed by atoms with Crippen molar-refractivity contribution in [2.45, 2.75) is 19.9 Å². The Morgan fingerprint density at radius 2 is 1.94 bits per heavy atom. The molecule has 0 saturated carbocycles. The van der Waals surface area contributed by atoms with Crippen molar-refractivity contribution in [1.29, 1.82) is 0 Å². The minimum atomic E-state index is 0.524. The second-order valence-electron chi connectivity index (χ2n) is 3.90. The lowest BCUT2D eigenvalue weighted by Crippen LogP contribution is -2.03. The highest BCUT2D eigenvalue weighted by molar-refractivity contribution is 5.59. The summed E-state index contributed by atoms with van der Waals surface area (Å²) < 4.78 is 1.84. The zero-order chi connectivity index (χ0) is 11.5. The van der Waals surface area contributed by atoms with Gasteiger partial charge in [-0.15, -0.1) is 0 Å². The predicted molar refractivity (Wildman–Crippen MR) is 65.9 cm³/mol. The van der Waals surface area contributed by atoms with Gasteiger partial charge in [-0.25, -0.2) is 0 Å². The van der Waals surface area contributed by atoms with Crippen LogP contribution in [0.15, 0.2) is 30.3 Å². The Kier molecular flexibility index (Phi) is 3.06. The van der Waals surface area contributed by atoms with Gasteiger partial charge in [0.05, 0.1) is 11.4 Å². The molecule has 3 heteroatoms. The fraction of sp³-hybridized carbons (Fsp3) is 0.308. The summed E-state index contributed by atoms with van der Waals surface area (Å²) in [6.07, 6.45) is 1.07. The molecule has 0 amide bonds. The normalized spacial score (nSPS) is 10.7. The van der Waals surface area contributed by atoms with Crippen LogP contribution in [0.2, 0.25) is 0 Å². The molecule has 0 saturated heterocycles. The summed E-state index contributed by atoms with van der Waals surface area (Å²) in [5.41, 5.74) is 10.2. The minimum Gasteiger partial charge on any atom is -0.325 e. The lowest BCUT2D eigenvalue weighted by atomic mass is 10.1. The molecule has 2 aromatic rings. The Morgan fingerprint density at radius 1 is 1.25 bits per heavy atom. The van der Waals surface area contributed by atoms with Crippen molar-refractivity contribution >= 4 is 0 Å². The van der Waals surface area contributed by atoms with Crippen molar-refractivity contribution in [2.24, 2.45) is 12.8 Å². The van der Waals surface area contributed by atoms with Gasteiger partial charge in [-0.3, -0.25) is 4.68 Å². The lowest BCUT2D eigenvalue weighted by molar-refractivity contribution is 0.714. The first kappa shape index (κ1) is 10.9. The Hall–Kier alpha value is -1.61. The topological polar surface area (TPSA) is 43.8 Å². The molecule has 0 spiro atoms. The smallest absolute Gasteiger partial charge is 0.0926 e. The molecule has 3 nitrogen and oxygen atoms in total. The van der Waals surface area contributed by atoms with Crippen LogP contribution in [0.4, 0.5) is 0 Å². The van der Waals surface area contributed by atoms with Crippen LogP contribution in [0.1, 0.15) is 18.2 Å². The van der Waals surface area contributed by atoms with Crippen LogP contribution < -0.4 is 5.73 Å². The number of rotatable bonds is 3. The van der Waals surface area contributed by atoms with Gasteiger partial charge in [-0.2, -0.15) is 5.10 Å². The van der Waals surface area contributed by atoms with Crippen LogP contribution in [-0.4, -0.2) is 9.78 Å². The van der Waals surface area contributed by atoms with Gasteiger partial charge in [-0.1, -0.05) is 31.2 Å². The molecule has 0 atom stereocenters. The molecule has 1 heterocycles. The van der Waals surface area contributed by atoms with Crippen LogP contribution in [0, 0.1) is 0 Å². The fourth-order valence-corrected chi connectivity index (χ4v) is 1.75. The molecule has 2 N–H and O–H groups in total. The van der Waals surface area contributed by atoms with Gasteiger partial charge >= 0.3 is 0 Å². The summed E-state index contributed by atoms with van der Waals surface area (Å²) in [6.45, 7) is 2.68. The van der Waals surface area contributed by atoms with Crippen molar-refractivity contribution in [3.05, 3.63) is 41.6 Å². The second-order valence-corrected chi connectivity index (χ2v) is 3.90. The first-order chi connectivity index (χ1) is 7.74. The van der Waals surface area contributed by atoms with E-state index in [1.165, 1.54) is 5.56 Å². The number of nitrogens with two attached hydrogens (primary N) is 1. The van der Waals surface area contributed by atoms with Gasteiger partial charge in [0.15, 0.2) is 0 Å². The highest BCUT2D eigenvalue weighted by Gasteiger charge is 2.05. The minimum absolute atomic E-state index is 0.524. The van der Waals surface area contributed by atoms with Gasteiger partial charge in [0, 0.05) is 19.2 Å². The van der Waals surface area contributed by atoms with Crippen molar-refractivity contribution in [2.75, 3.05) is 0 Å². The SMILES string of the molecule is CCc1ccc(-c2cc(CN)n(C)n2)cc1. The number of nitrogens with zero attached hydrogens (tertiary/aromatic N) is 2.